The molecule has 0 aliphatic heterocycles. The average molecular weight is 420 g/mol. The molecule has 0 bridgehead atoms. The lowest BCUT2D eigenvalue weighted by Gasteiger charge is -2.11. The van der Waals surface area contributed by atoms with Gasteiger partial charge in [0, 0.05) is 28.4 Å². The highest BCUT2D eigenvalue weighted by atomic mass is 32.2. The molecule has 30 heavy (non-hydrogen) atoms. The van der Waals surface area contributed by atoms with Gasteiger partial charge < -0.3 is 10.6 Å². The lowest BCUT2D eigenvalue weighted by atomic mass is 10.1. The van der Waals surface area contributed by atoms with E-state index in [0.29, 0.717) is 22.0 Å². The van der Waals surface area contributed by atoms with E-state index < -0.39 is 0 Å². The smallest absolute Gasteiger partial charge is 0.258 e. The average Bonchev–Trinajstić information content (AvgIpc) is 2.72. The van der Waals surface area contributed by atoms with Crippen molar-refractivity contribution in [2.24, 2.45) is 5.92 Å². The molecule has 1 aromatic heterocycles. The predicted octanol–water partition coefficient (Wildman–Crippen LogP) is 5.70. The molecule has 3 rings (SSSR count). The van der Waals surface area contributed by atoms with Gasteiger partial charge in [0.2, 0.25) is 5.91 Å². The molecule has 6 heteroatoms. The first-order valence-corrected chi connectivity index (χ1v) is 10.6. The standard InChI is InChI=1S/C24H25N3O2S/c1-15(2)22(28)26-18-8-10-19(11-9-18)27-23(29)21-6-5-13-25-24(21)30-20-12-7-16(3)17(4)14-20/h5-15H,1-4H3,(H,26,28)(H,27,29). The summed E-state index contributed by atoms with van der Waals surface area (Å²) in [5.41, 5.74) is 4.28. The summed E-state index contributed by atoms with van der Waals surface area (Å²) >= 11 is 1.47. The number of hydrogen-bond acceptors (Lipinski definition) is 4. The molecule has 3 aromatic rings. The maximum atomic E-state index is 12.9. The Balaban J connectivity index is 1.73. The Hall–Kier alpha value is -3.12. The number of benzene rings is 2. The molecule has 5 nitrogen and oxygen atoms in total. The highest BCUT2D eigenvalue weighted by Crippen LogP contribution is 2.30. The van der Waals surface area contributed by atoms with Gasteiger partial charge in [-0.05, 0) is 73.5 Å². The molecule has 154 valence electrons. The van der Waals surface area contributed by atoms with Crippen molar-refractivity contribution in [3.05, 3.63) is 77.5 Å². The first-order chi connectivity index (χ1) is 14.3. The zero-order valence-electron chi connectivity index (χ0n) is 17.5. The molecule has 0 saturated heterocycles. The molecule has 0 saturated carbocycles. The normalized spacial score (nSPS) is 10.7. The number of nitrogens with zero attached hydrogens (tertiary/aromatic N) is 1. The number of aryl methyl sites for hydroxylation is 2. The van der Waals surface area contributed by atoms with Gasteiger partial charge in [-0.3, -0.25) is 9.59 Å². The summed E-state index contributed by atoms with van der Waals surface area (Å²) in [7, 11) is 0. The molecule has 0 atom stereocenters. The number of carbonyl (C=O) groups is 2. The van der Waals surface area contributed by atoms with Gasteiger partial charge in [-0.25, -0.2) is 4.98 Å². The number of pyridine rings is 1. The first-order valence-electron chi connectivity index (χ1n) is 9.76. The third-order valence-corrected chi connectivity index (χ3v) is 5.65. The minimum atomic E-state index is -0.228. The van der Waals surface area contributed by atoms with Crippen LogP contribution < -0.4 is 10.6 Å². The van der Waals surface area contributed by atoms with Crippen LogP contribution in [0.5, 0.6) is 0 Å². The van der Waals surface area contributed by atoms with Crippen LogP contribution in [-0.4, -0.2) is 16.8 Å². The molecule has 0 radical (unpaired) electrons. The second-order valence-corrected chi connectivity index (χ2v) is 8.44. The van der Waals surface area contributed by atoms with E-state index in [0.717, 1.165) is 4.90 Å². The predicted molar refractivity (Wildman–Crippen MR) is 122 cm³/mol. The quantitative estimate of drug-likeness (QED) is 0.538. The maximum Gasteiger partial charge on any atom is 0.258 e. The number of carbonyl (C=O) groups excluding carboxylic acids is 2. The second kappa shape index (κ2) is 9.59. The van der Waals surface area contributed by atoms with Crippen molar-refractivity contribution >= 4 is 35.0 Å². The monoisotopic (exact) mass is 419 g/mol. The van der Waals surface area contributed by atoms with E-state index in [1.165, 1.54) is 22.9 Å². The van der Waals surface area contributed by atoms with Crippen molar-refractivity contribution in [3.8, 4) is 0 Å². The SMILES string of the molecule is Cc1ccc(Sc2ncccc2C(=O)Nc2ccc(NC(=O)C(C)C)cc2)cc1C. The molecule has 0 aliphatic carbocycles. The molecule has 0 aliphatic rings. The van der Waals surface area contributed by atoms with Gasteiger partial charge in [-0.2, -0.15) is 0 Å². The highest BCUT2D eigenvalue weighted by Gasteiger charge is 2.14. The van der Waals surface area contributed by atoms with E-state index in [9.17, 15) is 9.59 Å². The molecule has 2 N–H and O–H groups in total. The van der Waals surface area contributed by atoms with Crippen molar-refractivity contribution in [1.82, 2.24) is 4.98 Å². The zero-order chi connectivity index (χ0) is 21.7. The Bertz CT molecular complexity index is 1060. The van der Waals surface area contributed by atoms with E-state index in [1.54, 1.807) is 42.6 Å². The maximum absolute atomic E-state index is 12.9. The zero-order valence-corrected chi connectivity index (χ0v) is 18.3. The van der Waals surface area contributed by atoms with E-state index in [2.05, 4.69) is 41.6 Å². The molecule has 2 amide bonds. The highest BCUT2D eigenvalue weighted by molar-refractivity contribution is 7.99. The fourth-order valence-electron chi connectivity index (χ4n) is 2.66. The Labute approximate surface area is 181 Å². The summed E-state index contributed by atoms with van der Waals surface area (Å²) in [4.78, 5) is 30.1. The van der Waals surface area contributed by atoms with Crippen molar-refractivity contribution in [2.45, 2.75) is 37.6 Å². The van der Waals surface area contributed by atoms with Gasteiger partial charge in [0.25, 0.3) is 5.91 Å². The van der Waals surface area contributed by atoms with Crippen LogP contribution in [0.3, 0.4) is 0 Å². The van der Waals surface area contributed by atoms with Crippen molar-refractivity contribution in [2.75, 3.05) is 10.6 Å². The summed E-state index contributed by atoms with van der Waals surface area (Å²) in [6, 6.07) is 16.8. The van der Waals surface area contributed by atoms with Crippen molar-refractivity contribution < 1.29 is 9.59 Å². The van der Waals surface area contributed by atoms with Crippen molar-refractivity contribution in [1.29, 1.82) is 0 Å². The van der Waals surface area contributed by atoms with Gasteiger partial charge in [-0.1, -0.05) is 31.7 Å². The third kappa shape index (κ3) is 5.48. The van der Waals surface area contributed by atoms with E-state index in [4.69, 9.17) is 0 Å². The van der Waals surface area contributed by atoms with E-state index in [-0.39, 0.29) is 17.7 Å². The van der Waals surface area contributed by atoms with Crippen LogP contribution in [0.1, 0.15) is 35.3 Å². The van der Waals surface area contributed by atoms with Gasteiger partial charge >= 0.3 is 0 Å². The molecule has 2 aromatic carbocycles. The Morgan fingerprint density at radius 3 is 2.20 bits per heavy atom. The minimum absolute atomic E-state index is 0.0462. The summed E-state index contributed by atoms with van der Waals surface area (Å²) in [6.07, 6.45) is 1.69. The number of nitrogens with one attached hydrogen (secondary N) is 2. The third-order valence-electron chi connectivity index (χ3n) is 4.64. The summed E-state index contributed by atoms with van der Waals surface area (Å²) in [6.45, 7) is 7.82. The molecule has 0 unspecified atom stereocenters. The van der Waals surface area contributed by atoms with Gasteiger partial charge in [-0.15, -0.1) is 0 Å². The minimum Gasteiger partial charge on any atom is -0.326 e. The number of anilines is 2. The van der Waals surface area contributed by atoms with E-state index >= 15 is 0 Å². The number of amides is 2. The number of aromatic nitrogens is 1. The molecular formula is C24H25N3O2S. The number of hydrogen-bond donors (Lipinski definition) is 2. The van der Waals surface area contributed by atoms with Crippen LogP contribution in [0.2, 0.25) is 0 Å². The van der Waals surface area contributed by atoms with Crippen LogP contribution in [0, 0.1) is 19.8 Å². The molecule has 0 fully saturated rings. The van der Waals surface area contributed by atoms with Crippen molar-refractivity contribution in [3.63, 3.8) is 0 Å². The second-order valence-electron chi connectivity index (χ2n) is 7.38. The summed E-state index contributed by atoms with van der Waals surface area (Å²) in [5.74, 6) is -0.369. The van der Waals surface area contributed by atoms with E-state index in [1.807, 2.05) is 19.9 Å². The van der Waals surface area contributed by atoms with Gasteiger partial charge in [0.05, 0.1) is 5.56 Å². The molecular weight excluding hydrogens is 394 g/mol. The topological polar surface area (TPSA) is 71.1 Å². The lowest BCUT2D eigenvalue weighted by Crippen LogP contribution is -2.17. The fraction of sp³-hybridized carbons (Fsp3) is 0.208. The Morgan fingerprint density at radius 2 is 1.57 bits per heavy atom. The van der Waals surface area contributed by atoms with Crippen LogP contribution in [0.25, 0.3) is 0 Å². The van der Waals surface area contributed by atoms with Gasteiger partial charge in [0.15, 0.2) is 0 Å². The fourth-order valence-corrected chi connectivity index (χ4v) is 3.64. The number of rotatable bonds is 6. The van der Waals surface area contributed by atoms with Crippen LogP contribution >= 0.6 is 11.8 Å². The van der Waals surface area contributed by atoms with Crippen LogP contribution in [-0.2, 0) is 4.79 Å². The van der Waals surface area contributed by atoms with Crippen LogP contribution in [0.4, 0.5) is 11.4 Å². The molecule has 1 heterocycles. The summed E-state index contributed by atoms with van der Waals surface area (Å²) < 4.78 is 0. The Kier molecular flexibility index (Phi) is 6.90. The molecule has 0 spiro atoms. The largest absolute Gasteiger partial charge is 0.326 e. The van der Waals surface area contributed by atoms with Gasteiger partial charge in [0.1, 0.15) is 5.03 Å². The van der Waals surface area contributed by atoms with Crippen LogP contribution in [0.15, 0.2) is 70.7 Å². The summed E-state index contributed by atoms with van der Waals surface area (Å²) in [5, 5.41) is 6.39. The lowest BCUT2D eigenvalue weighted by molar-refractivity contribution is -0.118. The Morgan fingerprint density at radius 1 is 0.900 bits per heavy atom. The first kappa shape index (κ1) is 21.6.